The highest BCUT2D eigenvalue weighted by Crippen LogP contribution is 2.39. The predicted octanol–water partition coefficient (Wildman–Crippen LogP) is 6.54. The molecule has 0 bridgehead atoms. The van der Waals surface area contributed by atoms with E-state index in [0.29, 0.717) is 27.9 Å². The van der Waals surface area contributed by atoms with Crippen molar-refractivity contribution in [1.82, 2.24) is 9.55 Å². The van der Waals surface area contributed by atoms with E-state index >= 15 is 0 Å². The van der Waals surface area contributed by atoms with Gasteiger partial charge < -0.3 is 9.88 Å². The maximum absolute atomic E-state index is 13.0. The van der Waals surface area contributed by atoms with Gasteiger partial charge in [0.25, 0.3) is 5.56 Å². The summed E-state index contributed by atoms with van der Waals surface area (Å²) in [6.07, 6.45) is -1.19. The molecule has 0 aliphatic heterocycles. The molecular weight excluding hydrogens is 462 g/mol. The summed E-state index contributed by atoms with van der Waals surface area (Å²) in [5.74, 6) is 0. The maximum atomic E-state index is 13.0. The number of aryl methyl sites for hydroxylation is 1. The first-order valence-electron chi connectivity index (χ1n) is 9.49. The van der Waals surface area contributed by atoms with Crippen molar-refractivity contribution >= 4 is 39.8 Å². The highest BCUT2D eigenvalue weighted by atomic mass is 35.5. The first-order chi connectivity index (χ1) is 15.2. The van der Waals surface area contributed by atoms with Crippen molar-refractivity contribution in [1.29, 1.82) is 0 Å². The molecule has 4 rings (SSSR count). The Morgan fingerprint density at radius 1 is 1.09 bits per heavy atom. The minimum Gasteiger partial charge on any atom is -0.380 e. The summed E-state index contributed by atoms with van der Waals surface area (Å²) in [6, 6.07) is 11.6. The normalized spacial score (nSPS) is 11.7. The summed E-state index contributed by atoms with van der Waals surface area (Å²) in [5.41, 5.74) is 1.20. The van der Waals surface area contributed by atoms with E-state index in [4.69, 9.17) is 23.2 Å². The zero-order valence-corrected chi connectivity index (χ0v) is 18.2. The molecule has 0 aliphatic carbocycles. The number of halogens is 5. The second-order valence-electron chi connectivity index (χ2n) is 7.19. The Bertz CT molecular complexity index is 1380. The topological polar surface area (TPSA) is 46.9 Å². The smallest absolute Gasteiger partial charge is 0.380 e. The van der Waals surface area contributed by atoms with Crippen molar-refractivity contribution in [2.24, 2.45) is 7.05 Å². The molecule has 0 saturated heterocycles. The molecule has 0 fully saturated rings. The van der Waals surface area contributed by atoms with Gasteiger partial charge in [-0.2, -0.15) is 13.2 Å². The average molecular weight is 478 g/mol. The molecule has 0 amide bonds. The Hall–Kier alpha value is -3.03. The number of nitrogens with one attached hydrogen (secondary N) is 1. The molecule has 0 saturated carbocycles. The molecule has 0 aliphatic rings. The van der Waals surface area contributed by atoms with Crippen LogP contribution in [-0.4, -0.2) is 9.55 Å². The minimum atomic E-state index is -4.42. The van der Waals surface area contributed by atoms with E-state index in [2.05, 4.69) is 10.3 Å². The zero-order chi connectivity index (χ0) is 23.0. The fourth-order valence-corrected chi connectivity index (χ4v) is 4.13. The van der Waals surface area contributed by atoms with Gasteiger partial charge in [-0.15, -0.1) is 0 Å². The van der Waals surface area contributed by atoms with Crippen LogP contribution < -0.4 is 10.9 Å². The number of benzene rings is 2. The number of hydrogen-bond acceptors (Lipinski definition) is 3. The Balaban J connectivity index is 1.73. The van der Waals surface area contributed by atoms with Gasteiger partial charge in [-0.05, 0) is 42.0 Å². The molecule has 0 unspecified atom stereocenters. The highest BCUT2D eigenvalue weighted by molar-refractivity contribution is 6.41. The molecule has 4 aromatic rings. The maximum Gasteiger partial charge on any atom is 0.416 e. The van der Waals surface area contributed by atoms with Crippen molar-refractivity contribution in [2.45, 2.75) is 12.7 Å². The number of nitrogens with zero attached hydrogens (tertiary/aromatic N) is 2. The number of pyridine rings is 2. The molecule has 0 radical (unpaired) electrons. The standard InChI is InChI=1S/C23H16Cl2F3N3O/c1-31-19-7-8-29-12-14(19)10-16(22(31)32)20-17(24)5-6-18(21(20)25)30-11-13-3-2-4-15(9-13)23(26,27)28/h2-10,12,30H,11H2,1H3. The third kappa shape index (κ3) is 4.18. The summed E-state index contributed by atoms with van der Waals surface area (Å²) in [7, 11) is 1.64. The second-order valence-corrected chi connectivity index (χ2v) is 7.98. The van der Waals surface area contributed by atoms with Gasteiger partial charge in [0.1, 0.15) is 0 Å². The number of anilines is 1. The number of alkyl halides is 3. The van der Waals surface area contributed by atoms with Crippen LogP contribution in [0.15, 0.2) is 65.7 Å². The van der Waals surface area contributed by atoms with Crippen molar-refractivity contribution in [3.8, 4) is 11.1 Å². The lowest BCUT2D eigenvalue weighted by atomic mass is 10.0. The van der Waals surface area contributed by atoms with Crippen LogP contribution in [-0.2, 0) is 19.8 Å². The SMILES string of the molecule is Cn1c(=O)c(-c2c(Cl)ccc(NCc3cccc(C(F)(F)F)c3)c2Cl)cc2cnccc21. The van der Waals surface area contributed by atoms with Crippen molar-refractivity contribution in [3.05, 3.63) is 92.5 Å². The van der Waals surface area contributed by atoms with Gasteiger partial charge in [-0.1, -0.05) is 35.3 Å². The van der Waals surface area contributed by atoms with Crippen molar-refractivity contribution in [2.75, 3.05) is 5.32 Å². The van der Waals surface area contributed by atoms with Gasteiger partial charge >= 0.3 is 6.18 Å². The lowest BCUT2D eigenvalue weighted by Crippen LogP contribution is -2.19. The summed E-state index contributed by atoms with van der Waals surface area (Å²) in [4.78, 5) is 17.1. The first-order valence-corrected chi connectivity index (χ1v) is 10.2. The third-order valence-corrected chi connectivity index (χ3v) is 5.83. The summed E-state index contributed by atoms with van der Waals surface area (Å²) in [6.45, 7) is 0.102. The summed E-state index contributed by atoms with van der Waals surface area (Å²) in [5, 5.41) is 4.25. The Kier molecular flexibility index (Phi) is 5.88. The van der Waals surface area contributed by atoms with Crippen LogP contribution in [0.25, 0.3) is 22.0 Å². The molecule has 2 heterocycles. The molecule has 0 atom stereocenters. The van der Waals surface area contributed by atoms with E-state index in [0.717, 1.165) is 17.5 Å². The van der Waals surface area contributed by atoms with Gasteiger partial charge in [-0.25, -0.2) is 0 Å². The van der Waals surface area contributed by atoms with E-state index < -0.39 is 11.7 Å². The van der Waals surface area contributed by atoms with E-state index in [-0.39, 0.29) is 22.1 Å². The highest BCUT2D eigenvalue weighted by Gasteiger charge is 2.30. The quantitative estimate of drug-likeness (QED) is 0.363. The van der Waals surface area contributed by atoms with E-state index in [1.54, 1.807) is 49.8 Å². The second kappa shape index (κ2) is 8.48. The van der Waals surface area contributed by atoms with Gasteiger partial charge in [-0.3, -0.25) is 9.78 Å². The molecule has 164 valence electrons. The Morgan fingerprint density at radius 2 is 1.88 bits per heavy atom. The lowest BCUT2D eigenvalue weighted by Gasteiger charge is -2.15. The van der Waals surface area contributed by atoms with E-state index in [1.807, 2.05) is 0 Å². The van der Waals surface area contributed by atoms with Crippen LogP contribution in [0.3, 0.4) is 0 Å². The number of hydrogen-bond donors (Lipinski definition) is 1. The molecule has 0 spiro atoms. The Morgan fingerprint density at radius 3 is 2.62 bits per heavy atom. The van der Waals surface area contributed by atoms with Crippen LogP contribution in [0.1, 0.15) is 11.1 Å². The van der Waals surface area contributed by atoms with Crippen LogP contribution in [0.2, 0.25) is 10.0 Å². The van der Waals surface area contributed by atoms with Gasteiger partial charge in [0, 0.05) is 36.9 Å². The fourth-order valence-electron chi connectivity index (χ4n) is 3.49. The van der Waals surface area contributed by atoms with Gasteiger partial charge in [0.2, 0.25) is 0 Å². The molecular formula is C23H16Cl2F3N3O. The number of fused-ring (bicyclic) bond motifs is 1. The number of aromatic nitrogens is 2. The van der Waals surface area contributed by atoms with Crippen molar-refractivity contribution < 1.29 is 13.2 Å². The fraction of sp³-hybridized carbons (Fsp3) is 0.130. The molecule has 2 aromatic carbocycles. The minimum absolute atomic E-state index is 0.102. The predicted molar refractivity (Wildman–Crippen MR) is 121 cm³/mol. The summed E-state index contributed by atoms with van der Waals surface area (Å²) < 4.78 is 40.4. The molecule has 2 aromatic heterocycles. The lowest BCUT2D eigenvalue weighted by molar-refractivity contribution is -0.137. The van der Waals surface area contributed by atoms with E-state index in [9.17, 15) is 18.0 Å². The van der Waals surface area contributed by atoms with Crippen LogP contribution >= 0.6 is 23.2 Å². The van der Waals surface area contributed by atoms with Crippen molar-refractivity contribution in [3.63, 3.8) is 0 Å². The van der Waals surface area contributed by atoms with Crippen LogP contribution in [0.5, 0.6) is 0 Å². The average Bonchev–Trinajstić information content (AvgIpc) is 2.76. The third-order valence-electron chi connectivity index (χ3n) is 5.12. The van der Waals surface area contributed by atoms with Crippen LogP contribution in [0, 0.1) is 0 Å². The number of rotatable bonds is 4. The monoisotopic (exact) mass is 477 g/mol. The van der Waals surface area contributed by atoms with Crippen LogP contribution in [0.4, 0.5) is 18.9 Å². The zero-order valence-electron chi connectivity index (χ0n) is 16.7. The van der Waals surface area contributed by atoms with E-state index in [1.165, 1.54) is 10.6 Å². The molecule has 4 nitrogen and oxygen atoms in total. The van der Waals surface area contributed by atoms with Gasteiger partial charge in [0.15, 0.2) is 0 Å². The molecule has 1 N–H and O–H groups in total. The summed E-state index contributed by atoms with van der Waals surface area (Å²) >= 11 is 13.0. The largest absolute Gasteiger partial charge is 0.416 e. The molecule has 32 heavy (non-hydrogen) atoms. The Labute approximate surface area is 191 Å². The van der Waals surface area contributed by atoms with Gasteiger partial charge in [0.05, 0.1) is 32.4 Å². The molecule has 9 heteroatoms. The first kappa shape index (κ1) is 22.2.